The van der Waals surface area contributed by atoms with Crippen molar-refractivity contribution >= 4 is 11.9 Å². The van der Waals surface area contributed by atoms with Crippen molar-refractivity contribution in [3.8, 4) is 0 Å². The molecule has 1 atom stereocenters. The number of rotatable bonds is 29. The van der Waals surface area contributed by atoms with Crippen molar-refractivity contribution in [2.45, 2.75) is 174 Å². The number of hydrogen-bond donors (Lipinski definition) is 1. The van der Waals surface area contributed by atoms with Crippen molar-refractivity contribution in [1.29, 1.82) is 0 Å². The minimum Gasteiger partial charge on any atom is -0.462 e. The molecule has 0 bridgehead atoms. The highest BCUT2D eigenvalue weighted by atomic mass is 16.6. The van der Waals surface area contributed by atoms with Crippen molar-refractivity contribution in [1.82, 2.24) is 0 Å². The quantitative estimate of drug-likeness (QED) is 0.0583. The lowest BCUT2D eigenvalue weighted by atomic mass is 10.0. The molecule has 0 aromatic rings. The average molecular weight is 539 g/mol. The van der Waals surface area contributed by atoms with E-state index in [2.05, 4.69) is 26.0 Å². The van der Waals surface area contributed by atoms with E-state index in [0.29, 0.717) is 12.8 Å². The van der Waals surface area contributed by atoms with Gasteiger partial charge in [0.1, 0.15) is 6.61 Å². The van der Waals surface area contributed by atoms with Gasteiger partial charge in [-0.1, -0.05) is 129 Å². The maximum Gasteiger partial charge on any atom is 0.306 e. The van der Waals surface area contributed by atoms with Gasteiger partial charge in [-0.2, -0.15) is 0 Å². The van der Waals surface area contributed by atoms with E-state index < -0.39 is 6.10 Å². The Bertz CT molecular complexity index is 546. The predicted molar refractivity (Wildman–Crippen MR) is 159 cm³/mol. The summed E-state index contributed by atoms with van der Waals surface area (Å²) >= 11 is 0. The van der Waals surface area contributed by atoms with Gasteiger partial charge in [0, 0.05) is 12.8 Å². The van der Waals surface area contributed by atoms with Crippen LogP contribution in [0.2, 0.25) is 0 Å². The molecule has 0 unspecified atom stereocenters. The number of unbranched alkanes of at least 4 members (excludes halogenated alkanes) is 19. The molecule has 0 fully saturated rings. The lowest BCUT2D eigenvalue weighted by Crippen LogP contribution is -2.28. The third kappa shape index (κ3) is 27.7. The number of hydrogen-bond acceptors (Lipinski definition) is 5. The number of carbonyl (C=O) groups excluding carboxylic acids is 2. The van der Waals surface area contributed by atoms with E-state index >= 15 is 0 Å². The Balaban J connectivity index is 3.58. The zero-order chi connectivity index (χ0) is 27.9. The maximum absolute atomic E-state index is 12.1. The molecule has 0 aromatic carbocycles. The summed E-state index contributed by atoms with van der Waals surface area (Å²) in [4.78, 5) is 24.0. The lowest BCUT2D eigenvalue weighted by molar-refractivity contribution is -0.161. The fourth-order valence-electron chi connectivity index (χ4n) is 4.55. The summed E-state index contributed by atoms with van der Waals surface area (Å²) in [6, 6.07) is 0. The number of allylic oxidation sites excluding steroid dienone is 2. The normalized spacial score (nSPS) is 12.2. The van der Waals surface area contributed by atoms with E-state index in [-0.39, 0.29) is 25.2 Å². The second kappa shape index (κ2) is 30.2. The van der Waals surface area contributed by atoms with Crippen LogP contribution in [0, 0.1) is 0 Å². The zero-order valence-corrected chi connectivity index (χ0v) is 25.2. The van der Waals surface area contributed by atoms with Gasteiger partial charge in [0.05, 0.1) is 6.61 Å². The summed E-state index contributed by atoms with van der Waals surface area (Å²) in [6.45, 7) is 4.09. The molecule has 0 spiro atoms. The first-order valence-corrected chi connectivity index (χ1v) is 16.2. The van der Waals surface area contributed by atoms with Crippen molar-refractivity contribution in [2.24, 2.45) is 0 Å². The molecule has 0 aliphatic heterocycles. The van der Waals surface area contributed by atoms with E-state index in [1.54, 1.807) is 0 Å². The van der Waals surface area contributed by atoms with E-state index in [4.69, 9.17) is 9.47 Å². The van der Waals surface area contributed by atoms with Crippen LogP contribution in [0.4, 0.5) is 0 Å². The van der Waals surface area contributed by atoms with Gasteiger partial charge in [0.2, 0.25) is 0 Å². The molecule has 0 radical (unpaired) electrons. The lowest BCUT2D eigenvalue weighted by Gasteiger charge is -2.15. The summed E-state index contributed by atoms with van der Waals surface area (Å²) < 4.78 is 10.5. The van der Waals surface area contributed by atoms with Crippen LogP contribution in [0.5, 0.6) is 0 Å². The Morgan fingerprint density at radius 1 is 0.579 bits per heavy atom. The number of aliphatic hydroxyl groups excluding tert-OH is 1. The van der Waals surface area contributed by atoms with Crippen LogP contribution in [0.15, 0.2) is 12.2 Å². The smallest absolute Gasteiger partial charge is 0.306 e. The van der Waals surface area contributed by atoms with Gasteiger partial charge in [-0.25, -0.2) is 0 Å². The van der Waals surface area contributed by atoms with Crippen LogP contribution in [-0.2, 0) is 19.1 Å². The first kappa shape index (κ1) is 36.6. The summed E-state index contributed by atoms with van der Waals surface area (Å²) in [5.74, 6) is -0.599. The van der Waals surface area contributed by atoms with E-state index in [1.807, 2.05) is 0 Å². The minimum absolute atomic E-state index is 0.0642. The number of carbonyl (C=O) groups is 2. The van der Waals surface area contributed by atoms with E-state index in [9.17, 15) is 14.7 Å². The second-order valence-electron chi connectivity index (χ2n) is 10.9. The molecule has 38 heavy (non-hydrogen) atoms. The van der Waals surface area contributed by atoms with Crippen molar-refractivity contribution in [3.05, 3.63) is 12.2 Å². The molecule has 5 heteroatoms. The molecule has 0 aromatic heterocycles. The zero-order valence-electron chi connectivity index (χ0n) is 25.2. The van der Waals surface area contributed by atoms with Crippen LogP contribution in [0.25, 0.3) is 0 Å². The molecule has 0 aliphatic carbocycles. The van der Waals surface area contributed by atoms with Gasteiger partial charge in [-0.15, -0.1) is 0 Å². The fourth-order valence-corrected chi connectivity index (χ4v) is 4.55. The summed E-state index contributed by atoms with van der Waals surface area (Å²) in [6.07, 6.45) is 31.1. The molecular weight excluding hydrogens is 476 g/mol. The maximum atomic E-state index is 12.1. The molecule has 0 heterocycles. The third-order valence-corrected chi connectivity index (χ3v) is 7.06. The molecule has 0 saturated carbocycles. The first-order valence-electron chi connectivity index (χ1n) is 16.2. The molecule has 0 amide bonds. The molecule has 224 valence electrons. The average Bonchev–Trinajstić information content (AvgIpc) is 2.92. The van der Waals surface area contributed by atoms with Gasteiger partial charge in [-0.3, -0.25) is 9.59 Å². The predicted octanol–water partition coefficient (Wildman–Crippen LogP) is 9.39. The molecule has 1 N–H and O–H groups in total. The molecule has 5 nitrogen and oxygen atoms in total. The van der Waals surface area contributed by atoms with Crippen LogP contribution in [-0.4, -0.2) is 36.4 Å². The Morgan fingerprint density at radius 3 is 1.47 bits per heavy atom. The molecule has 0 rings (SSSR count). The summed E-state index contributed by atoms with van der Waals surface area (Å²) in [5, 5.41) is 9.48. The third-order valence-electron chi connectivity index (χ3n) is 7.06. The minimum atomic E-state index is -0.766. The van der Waals surface area contributed by atoms with Crippen LogP contribution in [0.3, 0.4) is 0 Å². The van der Waals surface area contributed by atoms with E-state index in [0.717, 1.165) is 44.9 Å². The van der Waals surface area contributed by atoms with Crippen LogP contribution < -0.4 is 0 Å². The standard InChI is InChI=1S/C33H62O5/c1-3-5-7-9-11-13-15-17-19-21-23-25-27-32(35)37-30-31(29-34)38-33(36)28-26-24-22-20-18-16-14-12-10-8-6-4-2/h12,14,31,34H,3-11,13,15-30H2,1-2H3/b14-12+/t31-/m0/s1. The van der Waals surface area contributed by atoms with Crippen molar-refractivity contribution in [2.75, 3.05) is 13.2 Å². The second-order valence-corrected chi connectivity index (χ2v) is 10.9. The number of ether oxygens (including phenoxy) is 2. The summed E-state index contributed by atoms with van der Waals surface area (Å²) in [5.41, 5.74) is 0. The Hall–Kier alpha value is -1.36. The number of aliphatic hydroxyl groups is 1. The van der Waals surface area contributed by atoms with Gasteiger partial charge in [-0.05, 0) is 38.5 Å². The molecular formula is C33H62O5. The SMILES string of the molecule is CCCCC/C=C/CCCCCCCC(=O)O[C@@H](CO)COC(=O)CCCCCCCCCCCCCC. The van der Waals surface area contributed by atoms with Gasteiger partial charge >= 0.3 is 11.9 Å². The van der Waals surface area contributed by atoms with Gasteiger partial charge < -0.3 is 14.6 Å². The van der Waals surface area contributed by atoms with Crippen LogP contribution >= 0.6 is 0 Å². The Morgan fingerprint density at radius 2 is 0.974 bits per heavy atom. The number of esters is 2. The largest absolute Gasteiger partial charge is 0.462 e. The van der Waals surface area contributed by atoms with Gasteiger partial charge in [0.15, 0.2) is 6.10 Å². The topological polar surface area (TPSA) is 72.8 Å². The van der Waals surface area contributed by atoms with Crippen LogP contribution in [0.1, 0.15) is 168 Å². The fraction of sp³-hybridized carbons (Fsp3) is 0.879. The molecule has 0 aliphatic rings. The van der Waals surface area contributed by atoms with E-state index in [1.165, 1.54) is 96.3 Å². The highest BCUT2D eigenvalue weighted by molar-refractivity contribution is 5.70. The van der Waals surface area contributed by atoms with Gasteiger partial charge in [0.25, 0.3) is 0 Å². The Labute approximate surface area is 235 Å². The monoisotopic (exact) mass is 538 g/mol. The highest BCUT2D eigenvalue weighted by Gasteiger charge is 2.16. The van der Waals surface area contributed by atoms with Crippen molar-refractivity contribution in [3.63, 3.8) is 0 Å². The highest BCUT2D eigenvalue weighted by Crippen LogP contribution is 2.13. The van der Waals surface area contributed by atoms with Crippen molar-refractivity contribution < 1.29 is 24.2 Å². The Kier molecular flexibility index (Phi) is 29.1. The molecule has 0 saturated heterocycles. The first-order chi connectivity index (χ1) is 18.6. The summed E-state index contributed by atoms with van der Waals surface area (Å²) in [7, 11) is 0.